The quantitative estimate of drug-likeness (QED) is 0.673. The van der Waals surface area contributed by atoms with Crippen molar-refractivity contribution in [3.05, 3.63) is 59.2 Å². The van der Waals surface area contributed by atoms with Crippen LogP contribution in [0.5, 0.6) is 0 Å². The van der Waals surface area contributed by atoms with Crippen LogP contribution in [0.25, 0.3) is 0 Å². The van der Waals surface area contributed by atoms with E-state index in [2.05, 4.69) is 10.0 Å². The molecule has 0 bridgehead atoms. The van der Waals surface area contributed by atoms with E-state index >= 15 is 0 Å². The molecule has 0 heterocycles. The molecule has 1 atom stereocenters. The van der Waals surface area contributed by atoms with Crippen LogP contribution in [0.2, 0.25) is 0 Å². The third-order valence-corrected chi connectivity index (χ3v) is 5.72. The number of hydrogen-bond donors (Lipinski definition) is 2. The Morgan fingerprint density at radius 3 is 2.31 bits per heavy atom. The molecule has 2 aromatic carbocycles. The van der Waals surface area contributed by atoms with Crippen molar-refractivity contribution in [3.63, 3.8) is 0 Å². The van der Waals surface area contributed by atoms with Crippen LogP contribution in [-0.2, 0) is 19.6 Å². The Kier molecular flexibility index (Phi) is 7.16. The number of nitrogens with one attached hydrogen (secondary N) is 2. The number of aryl methyl sites for hydroxylation is 2. The van der Waals surface area contributed by atoms with Gasteiger partial charge in [-0.15, -0.1) is 0 Å². The molecule has 29 heavy (non-hydrogen) atoms. The fraction of sp³-hybridized carbons (Fsp3) is 0.333. The minimum Gasteiger partial charge on any atom is -0.449 e. The lowest BCUT2D eigenvalue weighted by atomic mass is 10.1. The molecule has 8 heteroatoms. The van der Waals surface area contributed by atoms with Gasteiger partial charge in [-0.2, -0.15) is 0 Å². The van der Waals surface area contributed by atoms with Gasteiger partial charge in [0, 0.05) is 11.7 Å². The molecule has 0 spiro atoms. The summed E-state index contributed by atoms with van der Waals surface area (Å²) >= 11 is 0. The van der Waals surface area contributed by atoms with Gasteiger partial charge in [-0.25, -0.2) is 17.9 Å². The summed E-state index contributed by atoms with van der Waals surface area (Å²) in [5, 5.41) is 2.73. The van der Waals surface area contributed by atoms with E-state index < -0.39 is 28.0 Å². The molecule has 0 radical (unpaired) electrons. The number of anilines is 1. The summed E-state index contributed by atoms with van der Waals surface area (Å²) in [6, 6.07) is 10.8. The summed E-state index contributed by atoms with van der Waals surface area (Å²) in [6.07, 6.45) is -1.06. The van der Waals surface area contributed by atoms with Crippen molar-refractivity contribution < 1.29 is 22.7 Å². The van der Waals surface area contributed by atoms with Gasteiger partial charge in [0.2, 0.25) is 10.0 Å². The number of sulfonamides is 1. The maximum Gasteiger partial charge on any atom is 0.338 e. The first-order valence-electron chi connectivity index (χ1n) is 9.21. The average Bonchev–Trinajstić information content (AvgIpc) is 2.63. The third-order valence-electron chi connectivity index (χ3n) is 4.06. The molecule has 7 nitrogen and oxygen atoms in total. The molecular weight excluding hydrogens is 392 g/mol. The summed E-state index contributed by atoms with van der Waals surface area (Å²) in [6.45, 7) is 8.68. The standard InChI is InChI=1S/C21H26N2O5S/c1-13(2)23-29(26,27)18-8-6-7-17(12-18)21(25)28-16(5)20(24)22-19-10-9-14(3)11-15(19)4/h6-13,16,23H,1-5H3,(H,22,24)/t16-/m1/s1. The summed E-state index contributed by atoms with van der Waals surface area (Å²) in [4.78, 5) is 24.7. The molecule has 2 rings (SSSR count). The SMILES string of the molecule is Cc1ccc(NC(=O)[C@@H](C)OC(=O)c2cccc(S(=O)(=O)NC(C)C)c2)c(C)c1. The van der Waals surface area contributed by atoms with Crippen LogP contribution >= 0.6 is 0 Å². The Balaban J connectivity index is 2.09. The first-order valence-corrected chi connectivity index (χ1v) is 10.7. The second-order valence-electron chi connectivity index (χ2n) is 7.16. The highest BCUT2D eigenvalue weighted by molar-refractivity contribution is 7.89. The maximum absolute atomic E-state index is 12.4. The van der Waals surface area contributed by atoms with Crippen LogP contribution in [0.15, 0.2) is 47.4 Å². The Morgan fingerprint density at radius 2 is 1.69 bits per heavy atom. The van der Waals surface area contributed by atoms with Crippen LogP contribution in [0.1, 0.15) is 42.3 Å². The van der Waals surface area contributed by atoms with E-state index in [1.54, 1.807) is 19.9 Å². The van der Waals surface area contributed by atoms with Gasteiger partial charge in [0.25, 0.3) is 5.91 Å². The molecule has 0 unspecified atom stereocenters. The smallest absolute Gasteiger partial charge is 0.338 e. The zero-order chi connectivity index (χ0) is 21.8. The minimum atomic E-state index is -3.75. The summed E-state index contributed by atoms with van der Waals surface area (Å²) < 4.78 is 32.2. The zero-order valence-corrected chi connectivity index (χ0v) is 18.0. The minimum absolute atomic E-state index is 0.0443. The average molecular weight is 419 g/mol. The molecule has 1 amide bonds. The third kappa shape index (κ3) is 6.13. The van der Waals surface area contributed by atoms with Crippen LogP contribution < -0.4 is 10.0 Å². The molecule has 0 aliphatic rings. The molecule has 2 N–H and O–H groups in total. The van der Waals surface area contributed by atoms with Crippen molar-refractivity contribution in [2.24, 2.45) is 0 Å². The zero-order valence-electron chi connectivity index (χ0n) is 17.1. The lowest BCUT2D eigenvalue weighted by Crippen LogP contribution is -2.31. The predicted molar refractivity (Wildman–Crippen MR) is 111 cm³/mol. The maximum atomic E-state index is 12.4. The number of hydrogen-bond acceptors (Lipinski definition) is 5. The van der Waals surface area contributed by atoms with Gasteiger partial charge in [0.05, 0.1) is 10.5 Å². The fourth-order valence-electron chi connectivity index (χ4n) is 2.64. The molecule has 0 fully saturated rings. The number of rotatable bonds is 7. The number of amides is 1. The number of benzene rings is 2. The van der Waals surface area contributed by atoms with E-state index in [0.717, 1.165) is 11.1 Å². The second kappa shape index (κ2) is 9.19. The van der Waals surface area contributed by atoms with E-state index in [1.807, 2.05) is 26.0 Å². The van der Waals surface area contributed by atoms with Crippen LogP contribution in [0.3, 0.4) is 0 Å². The lowest BCUT2D eigenvalue weighted by molar-refractivity contribution is -0.123. The molecule has 0 aliphatic heterocycles. The lowest BCUT2D eigenvalue weighted by Gasteiger charge is -2.15. The van der Waals surface area contributed by atoms with E-state index in [-0.39, 0.29) is 16.5 Å². The van der Waals surface area contributed by atoms with Gasteiger partial charge in [-0.1, -0.05) is 23.8 Å². The predicted octanol–water partition coefficient (Wildman–Crippen LogP) is 3.17. The Bertz CT molecular complexity index is 1020. The molecule has 0 saturated carbocycles. The normalized spacial score (nSPS) is 12.5. The number of esters is 1. The molecule has 156 valence electrons. The van der Waals surface area contributed by atoms with Crippen LogP contribution in [-0.4, -0.2) is 32.4 Å². The second-order valence-corrected chi connectivity index (χ2v) is 8.87. The van der Waals surface area contributed by atoms with Crippen molar-refractivity contribution in [1.82, 2.24) is 4.72 Å². The molecular formula is C21H26N2O5S. The Labute approximate surface area is 171 Å². The van der Waals surface area contributed by atoms with E-state index in [9.17, 15) is 18.0 Å². The van der Waals surface area contributed by atoms with Gasteiger partial charge in [0.15, 0.2) is 6.10 Å². The van der Waals surface area contributed by atoms with Crippen LogP contribution in [0.4, 0.5) is 5.69 Å². The van der Waals surface area contributed by atoms with Gasteiger partial charge < -0.3 is 10.1 Å². The summed E-state index contributed by atoms with van der Waals surface area (Å²) in [7, 11) is -3.75. The van der Waals surface area contributed by atoms with Crippen molar-refractivity contribution >= 4 is 27.6 Å². The number of carbonyl (C=O) groups is 2. The highest BCUT2D eigenvalue weighted by atomic mass is 32.2. The molecule has 2 aromatic rings. The van der Waals surface area contributed by atoms with Gasteiger partial charge in [0.1, 0.15) is 0 Å². The fourth-order valence-corrected chi connectivity index (χ4v) is 3.94. The monoisotopic (exact) mass is 418 g/mol. The van der Waals surface area contributed by atoms with Crippen molar-refractivity contribution in [1.29, 1.82) is 0 Å². The molecule has 0 saturated heterocycles. The summed E-state index contributed by atoms with van der Waals surface area (Å²) in [5.41, 5.74) is 2.65. The Hall–Kier alpha value is -2.71. The van der Waals surface area contributed by atoms with Crippen molar-refractivity contribution in [3.8, 4) is 0 Å². The van der Waals surface area contributed by atoms with Crippen molar-refractivity contribution in [2.45, 2.75) is 51.7 Å². The highest BCUT2D eigenvalue weighted by Crippen LogP contribution is 2.17. The first kappa shape index (κ1) is 22.6. The highest BCUT2D eigenvalue weighted by Gasteiger charge is 2.22. The largest absolute Gasteiger partial charge is 0.449 e. The number of carbonyl (C=O) groups excluding carboxylic acids is 2. The Morgan fingerprint density at radius 1 is 1.00 bits per heavy atom. The molecule has 0 aromatic heterocycles. The van der Waals surface area contributed by atoms with Crippen LogP contribution in [0, 0.1) is 13.8 Å². The first-order chi connectivity index (χ1) is 13.5. The summed E-state index contributed by atoms with van der Waals surface area (Å²) in [5.74, 6) is -1.26. The van der Waals surface area contributed by atoms with E-state index in [0.29, 0.717) is 5.69 Å². The molecule has 0 aliphatic carbocycles. The van der Waals surface area contributed by atoms with Gasteiger partial charge in [-0.05, 0) is 64.4 Å². The van der Waals surface area contributed by atoms with E-state index in [4.69, 9.17) is 4.74 Å². The number of ether oxygens (including phenoxy) is 1. The topological polar surface area (TPSA) is 102 Å². The van der Waals surface area contributed by atoms with E-state index in [1.165, 1.54) is 31.2 Å². The van der Waals surface area contributed by atoms with Crippen molar-refractivity contribution in [2.75, 3.05) is 5.32 Å². The van der Waals surface area contributed by atoms with Gasteiger partial charge in [-0.3, -0.25) is 4.79 Å². The van der Waals surface area contributed by atoms with Gasteiger partial charge >= 0.3 is 5.97 Å².